The van der Waals surface area contributed by atoms with Crippen molar-refractivity contribution in [3.05, 3.63) is 0 Å². The molecule has 0 aliphatic heterocycles. The van der Waals surface area contributed by atoms with E-state index >= 15 is 0 Å². The molecule has 11 heavy (non-hydrogen) atoms. The molecule has 2 atom stereocenters. The van der Waals surface area contributed by atoms with Crippen molar-refractivity contribution >= 4 is 11.9 Å². The Hall–Kier alpha value is -1.17. The first-order valence-electron chi connectivity index (χ1n) is 2.87. The largest absolute Gasteiger partial charge is 0.480 e. The average Bonchev–Trinajstić information content (AvgIpc) is 1.87. The zero-order valence-corrected chi connectivity index (χ0v) is 5.66. The van der Waals surface area contributed by atoms with Gasteiger partial charge in [-0.15, -0.1) is 0 Å². The van der Waals surface area contributed by atoms with Crippen molar-refractivity contribution in [1.29, 1.82) is 0 Å². The lowest BCUT2D eigenvalue weighted by Gasteiger charge is -2.06. The highest BCUT2D eigenvalue weighted by molar-refractivity contribution is 5.80. The fourth-order valence-electron chi connectivity index (χ4n) is 0.440. The summed E-state index contributed by atoms with van der Waals surface area (Å²) in [6, 6.07) is -1.38. The first-order valence-corrected chi connectivity index (χ1v) is 2.87. The Labute approximate surface area is 62.2 Å². The second kappa shape index (κ2) is 3.87. The molecule has 0 unspecified atom stereocenters. The van der Waals surface area contributed by atoms with Crippen LogP contribution in [0.15, 0.2) is 0 Å². The Morgan fingerprint density at radius 3 is 2.27 bits per heavy atom. The summed E-state index contributed by atoms with van der Waals surface area (Å²) in [5.74, 6) is -2.55. The van der Waals surface area contributed by atoms with E-state index in [9.17, 15) is 14.0 Å². The van der Waals surface area contributed by atoms with Gasteiger partial charge in [-0.2, -0.15) is 0 Å². The van der Waals surface area contributed by atoms with Crippen LogP contribution in [0.25, 0.3) is 0 Å². The van der Waals surface area contributed by atoms with Crippen LogP contribution < -0.4 is 11.5 Å². The quantitative estimate of drug-likeness (QED) is 0.474. The number of primary amides is 1. The van der Waals surface area contributed by atoms with Crippen LogP contribution in [0.4, 0.5) is 4.39 Å². The van der Waals surface area contributed by atoms with Crippen molar-refractivity contribution in [3.8, 4) is 0 Å². The number of carboxylic acids is 1. The number of alkyl halides is 1. The molecule has 0 bridgehead atoms. The third-order valence-corrected chi connectivity index (χ3v) is 1.09. The Kier molecular flexibility index (Phi) is 3.46. The summed E-state index contributed by atoms with van der Waals surface area (Å²) in [4.78, 5) is 20.1. The van der Waals surface area contributed by atoms with Crippen LogP contribution >= 0.6 is 0 Å². The molecule has 0 spiro atoms. The van der Waals surface area contributed by atoms with Crippen LogP contribution in [-0.4, -0.2) is 29.2 Å². The number of hydrogen-bond acceptors (Lipinski definition) is 3. The Morgan fingerprint density at radius 2 is 2.00 bits per heavy atom. The highest BCUT2D eigenvalue weighted by atomic mass is 18.2. The standard InChI is InChI=1S/C5H9FN2O3/c6-2(4(8)9)1-3(7)5(10)11/h2-3H,1,7H2,(H2,8,9)(H,10,11)/t2-,3+/m1/s1/i6-1. The highest BCUT2D eigenvalue weighted by Crippen LogP contribution is 1.99. The second-order valence-electron chi connectivity index (χ2n) is 2.05. The van der Waals surface area contributed by atoms with Crippen molar-refractivity contribution in [2.45, 2.75) is 18.6 Å². The molecule has 0 rings (SSSR count). The Morgan fingerprint density at radius 1 is 1.55 bits per heavy atom. The molecule has 0 saturated heterocycles. The maximum Gasteiger partial charge on any atom is 0.320 e. The van der Waals surface area contributed by atoms with Crippen LogP contribution in [0.2, 0.25) is 0 Å². The van der Waals surface area contributed by atoms with Crippen LogP contribution in [-0.2, 0) is 9.59 Å². The molecule has 6 heteroatoms. The smallest absolute Gasteiger partial charge is 0.320 e. The number of carbonyl (C=O) groups excluding carboxylic acids is 1. The fourth-order valence-corrected chi connectivity index (χ4v) is 0.440. The molecular formula is C5H9FN2O3. The molecule has 5 N–H and O–H groups in total. The topological polar surface area (TPSA) is 106 Å². The first-order chi connectivity index (χ1) is 4.95. The van der Waals surface area contributed by atoms with Gasteiger partial charge in [0, 0.05) is 6.42 Å². The number of hydrogen-bond donors (Lipinski definition) is 3. The zero-order valence-electron chi connectivity index (χ0n) is 5.66. The summed E-state index contributed by atoms with van der Waals surface area (Å²) in [5, 5.41) is 8.17. The summed E-state index contributed by atoms with van der Waals surface area (Å²) in [6.45, 7) is 0. The number of carboxylic acid groups (broad SMARTS) is 1. The van der Waals surface area contributed by atoms with Gasteiger partial charge in [0.1, 0.15) is 6.04 Å². The fraction of sp³-hybridized carbons (Fsp3) is 0.600. The molecule has 0 aliphatic rings. The number of halogens is 1. The normalized spacial score (nSPS) is 15.5. The van der Waals surface area contributed by atoms with E-state index in [1.54, 1.807) is 0 Å². The van der Waals surface area contributed by atoms with Gasteiger partial charge in [0.25, 0.3) is 5.91 Å². The van der Waals surface area contributed by atoms with E-state index in [1.807, 2.05) is 0 Å². The molecular weight excluding hydrogens is 154 g/mol. The van der Waals surface area contributed by atoms with Gasteiger partial charge < -0.3 is 16.6 Å². The number of rotatable bonds is 4. The van der Waals surface area contributed by atoms with Gasteiger partial charge >= 0.3 is 5.97 Å². The Balaban J connectivity index is 3.84. The maximum absolute atomic E-state index is 12.3. The van der Waals surface area contributed by atoms with E-state index in [0.29, 0.717) is 0 Å². The minimum atomic E-state index is -1.99. The van der Waals surface area contributed by atoms with E-state index in [-0.39, 0.29) is 0 Å². The molecule has 0 fully saturated rings. The van der Waals surface area contributed by atoms with Crippen molar-refractivity contribution in [3.63, 3.8) is 0 Å². The van der Waals surface area contributed by atoms with Gasteiger partial charge in [0.2, 0.25) is 0 Å². The molecule has 0 aliphatic carbocycles. The van der Waals surface area contributed by atoms with Gasteiger partial charge in [-0.25, -0.2) is 4.39 Å². The summed E-state index contributed by atoms with van der Waals surface area (Å²) >= 11 is 0. The lowest BCUT2D eigenvalue weighted by Crippen LogP contribution is -2.37. The van der Waals surface area contributed by atoms with Crippen LogP contribution in [0, 0.1) is 0 Å². The lowest BCUT2D eigenvalue weighted by molar-refractivity contribution is -0.139. The molecule has 0 aromatic carbocycles. The first kappa shape index (κ1) is 9.83. The van der Waals surface area contributed by atoms with Gasteiger partial charge in [-0.1, -0.05) is 0 Å². The minimum absolute atomic E-state index is 0.579. The van der Waals surface area contributed by atoms with Crippen LogP contribution in [0.3, 0.4) is 0 Å². The third-order valence-electron chi connectivity index (χ3n) is 1.09. The average molecular weight is 163 g/mol. The van der Waals surface area contributed by atoms with E-state index in [1.165, 1.54) is 0 Å². The predicted molar refractivity (Wildman–Crippen MR) is 34.3 cm³/mol. The number of carbonyl (C=O) groups is 2. The van der Waals surface area contributed by atoms with Crippen molar-refractivity contribution in [2.75, 3.05) is 0 Å². The Bertz CT molecular complexity index is 155. The van der Waals surface area contributed by atoms with E-state index in [2.05, 4.69) is 5.73 Å². The van der Waals surface area contributed by atoms with Gasteiger partial charge in [-0.05, 0) is 0 Å². The molecule has 0 heterocycles. The van der Waals surface area contributed by atoms with Crippen molar-refractivity contribution in [1.82, 2.24) is 0 Å². The van der Waals surface area contributed by atoms with Crippen LogP contribution in [0.1, 0.15) is 6.42 Å². The molecule has 64 valence electrons. The monoisotopic (exact) mass is 163 g/mol. The summed E-state index contributed by atoms with van der Waals surface area (Å²) < 4.78 is 12.3. The predicted octanol–water partition coefficient (Wildman–Crippen LogP) is -1.39. The summed E-state index contributed by atoms with van der Waals surface area (Å²) in [6.07, 6.45) is -2.56. The second-order valence-corrected chi connectivity index (χ2v) is 2.05. The molecule has 5 nitrogen and oxygen atoms in total. The van der Waals surface area contributed by atoms with Crippen molar-refractivity contribution < 1.29 is 19.1 Å². The van der Waals surface area contributed by atoms with Crippen molar-refractivity contribution in [2.24, 2.45) is 11.5 Å². The highest BCUT2D eigenvalue weighted by Gasteiger charge is 2.21. The van der Waals surface area contributed by atoms with Gasteiger partial charge in [0.05, 0.1) is 0 Å². The zero-order chi connectivity index (χ0) is 9.02. The molecule has 0 aromatic rings. The summed E-state index contributed by atoms with van der Waals surface area (Å²) in [5.41, 5.74) is 9.43. The molecule has 1 amide bonds. The lowest BCUT2D eigenvalue weighted by atomic mass is 10.1. The molecule has 0 radical (unpaired) electrons. The van der Waals surface area contributed by atoms with Crippen LogP contribution in [0.5, 0.6) is 0 Å². The summed E-state index contributed by atoms with van der Waals surface area (Å²) in [7, 11) is 0. The van der Waals surface area contributed by atoms with Gasteiger partial charge in [-0.3, -0.25) is 9.59 Å². The minimum Gasteiger partial charge on any atom is -0.480 e. The van der Waals surface area contributed by atoms with E-state index in [4.69, 9.17) is 10.8 Å². The maximum atomic E-state index is 12.3. The third kappa shape index (κ3) is 3.51. The van der Waals surface area contributed by atoms with Gasteiger partial charge in [0.15, 0.2) is 6.17 Å². The molecule has 0 aromatic heterocycles. The van der Waals surface area contributed by atoms with E-state index in [0.717, 1.165) is 0 Å². The van der Waals surface area contributed by atoms with E-state index < -0.39 is 30.5 Å². The SMILES string of the molecule is NC(=O)[C@H]([18F])C[C@H](N)C(=O)O. The number of nitrogens with two attached hydrogens (primary N) is 2. The number of aliphatic carboxylic acids is 1. The molecule has 0 saturated carbocycles. The number of amides is 1.